The minimum absolute atomic E-state index is 0.555. The summed E-state index contributed by atoms with van der Waals surface area (Å²) >= 11 is 0. The quantitative estimate of drug-likeness (QED) is 0.188. The Balaban J connectivity index is 1.11. The lowest BCUT2D eigenvalue weighted by molar-refractivity contribution is 1.16. The van der Waals surface area contributed by atoms with E-state index < -0.39 is 0 Å². The molecule has 1 N–H and O–H groups in total. The van der Waals surface area contributed by atoms with Gasteiger partial charge in [0.1, 0.15) is 0 Å². The van der Waals surface area contributed by atoms with Gasteiger partial charge < -0.3 is 19.4 Å². The fourth-order valence-electron chi connectivity index (χ4n) is 9.16. The van der Waals surface area contributed by atoms with Gasteiger partial charge in [-0.1, -0.05) is 133 Å². The molecule has 8 aromatic carbocycles. The van der Waals surface area contributed by atoms with Gasteiger partial charge in [-0.2, -0.15) is 0 Å². The molecule has 0 bridgehead atoms. The summed E-state index contributed by atoms with van der Waals surface area (Å²) in [5.41, 5.74) is 13.7. The van der Waals surface area contributed by atoms with Gasteiger partial charge in [0.15, 0.2) is 11.7 Å². The van der Waals surface area contributed by atoms with Crippen LogP contribution in [0.25, 0.3) is 49.3 Å². The molecular weight excluding hydrogens is 783 g/mol. The Kier molecular flexibility index (Phi) is 9.01. The number of fused-ring (bicyclic) bond motifs is 8. The van der Waals surface area contributed by atoms with E-state index >= 15 is 0 Å². The number of hydrogen-bond donors (Lipinski definition) is 1. The molecule has 4 heterocycles. The average Bonchev–Trinajstić information content (AvgIpc) is 3.87. The standard InChI is InChI=1S/C57H39N7/c1-2-17-32-58-56(39-20-7-4-8-21-39)61-57(59-33-18-3-1)40-22-19-27-43(34-40)64-50-31-16-14-29-45(50)47-36-53-55(38-51(47)64)63(42-25-11-6-12-26-42)52-35-46-44-28-13-15-30-48(44)60-49(46)37-54(52)62(53)41-23-9-5-10-24-41/h1-38,60H/b2-1?,3-1-,17-2+,18-3?,32-17?,33-18-,58-32+,58-56?,59-33?,59-57-,61-56-,61-57?. The van der Waals surface area contributed by atoms with E-state index in [1.54, 1.807) is 12.4 Å². The monoisotopic (exact) mass is 821 g/mol. The third kappa shape index (κ3) is 6.34. The first-order chi connectivity index (χ1) is 31.8. The maximum Gasteiger partial charge on any atom is 0.161 e. The Bertz CT molecular complexity index is 3610. The number of benzene rings is 8. The summed E-state index contributed by atoms with van der Waals surface area (Å²) in [6, 6.07) is 66.7. The average molecular weight is 822 g/mol. The van der Waals surface area contributed by atoms with E-state index in [2.05, 4.69) is 177 Å². The fraction of sp³-hybridized carbons (Fsp3) is 0. The Morgan fingerprint density at radius 2 is 0.969 bits per heavy atom. The summed E-state index contributed by atoms with van der Waals surface area (Å²) in [4.78, 5) is 23.4. The first kappa shape index (κ1) is 37.0. The largest absolute Gasteiger partial charge is 0.354 e. The van der Waals surface area contributed by atoms with Gasteiger partial charge in [-0.15, -0.1) is 0 Å². The number of allylic oxidation sites excluding steroid dienone is 5. The lowest BCUT2D eigenvalue weighted by Gasteiger charge is -2.40. The van der Waals surface area contributed by atoms with Gasteiger partial charge in [-0.05, 0) is 84.9 Å². The molecule has 0 spiro atoms. The zero-order chi connectivity index (χ0) is 42.4. The fourth-order valence-corrected chi connectivity index (χ4v) is 9.16. The molecule has 0 amide bonds. The zero-order valence-electron chi connectivity index (χ0n) is 34.6. The van der Waals surface area contributed by atoms with Crippen LogP contribution in [0, 0.1) is 0 Å². The molecule has 2 aromatic heterocycles. The number of H-pyrrole nitrogens is 1. The third-order valence-corrected chi connectivity index (χ3v) is 12.0. The smallest absolute Gasteiger partial charge is 0.161 e. The van der Waals surface area contributed by atoms with Gasteiger partial charge in [0.25, 0.3) is 0 Å². The Morgan fingerprint density at radius 1 is 0.375 bits per heavy atom. The van der Waals surface area contributed by atoms with Crippen molar-refractivity contribution in [3.8, 4) is 5.69 Å². The normalized spacial score (nSPS) is 17.4. The molecule has 2 aliphatic rings. The second-order valence-corrected chi connectivity index (χ2v) is 15.8. The maximum atomic E-state index is 5.13. The van der Waals surface area contributed by atoms with E-state index in [4.69, 9.17) is 15.0 Å². The SMILES string of the molecule is C1=C\C=C\C=N\C(c2ccccc2)=N/C(c2cccc(-n3c4ccccc4c4cc5c(cc43)N(c3ccccc3)c3cc4c(cc3N5c3ccccc3)[nH]c3ccccc34)c2)=N\C=C/1. The van der Waals surface area contributed by atoms with Crippen LogP contribution in [0.3, 0.4) is 0 Å². The van der Waals surface area contributed by atoms with Crippen LogP contribution in [0.1, 0.15) is 11.1 Å². The van der Waals surface area contributed by atoms with Gasteiger partial charge in [0.2, 0.25) is 0 Å². The molecule has 0 atom stereocenters. The highest BCUT2D eigenvalue weighted by Crippen LogP contribution is 2.57. The van der Waals surface area contributed by atoms with Crippen LogP contribution in [0.4, 0.5) is 34.1 Å². The van der Waals surface area contributed by atoms with Gasteiger partial charge in [0, 0.05) is 73.2 Å². The summed E-state index contributed by atoms with van der Waals surface area (Å²) in [6.45, 7) is 0. The molecule has 12 rings (SSSR count). The second kappa shape index (κ2) is 15.6. The van der Waals surface area contributed by atoms with Crippen LogP contribution in [-0.2, 0) is 0 Å². The van der Waals surface area contributed by atoms with Crippen LogP contribution in [-0.4, -0.2) is 27.4 Å². The molecule has 10 aromatic rings. The minimum atomic E-state index is 0.555. The Morgan fingerprint density at radius 3 is 1.75 bits per heavy atom. The molecule has 0 radical (unpaired) electrons. The molecule has 302 valence electrons. The number of anilines is 6. The second-order valence-electron chi connectivity index (χ2n) is 15.8. The highest BCUT2D eigenvalue weighted by molar-refractivity contribution is 6.18. The number of hydrogen-bond acceptors (Lipinski definition) is 5. The lowest BCUT2D eigenvalue weighted by Crippen LogP contribution is -2.24. The topological polar surface area (TPSA) is 64.3 Å². The van der Waals surface area contributed by atoms with Gasteiger partial charge in [-0.25, -0.2) is 15.0 Å². The number of amidine groups is 2. The molecule has 64 heavy (non-hydrogen) atoms. The van der Waals surface area contributed by atoms with Crippen molar-refractivity contribution >= 4 is 95.6 Å². The van der Waals surface area contributed by atoms with E-state index in [0.29, 0.717) is 11.7 Å². The van der Waals surface area contributed by atoms with Crippen molar-refractivity contribution in [3.63, 3.8) is 0 Å². The molecule has 2 aliphatic heterocycles. The highest BCUT2D eigenvalue weighted by Gasteiger charge is 2.33. The predicted molar refractivity (Wildman–Crippen MR) is 268 cm³/mol. The van der Waals surface area contributed by atoms with Crippen LogP contribution in [0.15, 0.2) is 240 Å². The molecular formula is C57H39N7. The summed E-state index contributed by atoms with van der Waals surface area (Å²) in [5.74, 6) is 1.13. The van der Waals surface area contributed by atoms with Crippen molar-refractivity contribution in [2.45, 2.75) is 0 Å². The van der Waals surface area contributed by atoms with Crippen LogP contribution >= 0.6 is 0 Å². The number of para-hydroxylation sites is 4. The minimum Gasteiger partial charge on any atom is -0.354 e. The van der Waals surface area contributed by atoms with Gasteiger partial charge >= 0.3 is 0 Å². The van der Waals surface area contributed by atoms with Crippen molar-refractivity contribution in [1.29, 1.82) is 0 Å². The molecule has 0 saturated heterocycles. The predicted octanol–water partition coefficient (Wildman–Crippen LogP) is 14.6. The number of nitrogens with one attached hydrogen (secondary N) is 1. The first-order valence-electron chi connectivity index (χ1n) is 21.4. The molecule has 0 unspecified atom stereocenters. The van der Waals surface area contributed by atoms with Crippen LogP contribution in [0.5, 0.6) is 0 Å². The van der Waals surface area contributed by atoms with Crippen molar-refractivity contribution in [1.82, 2.24) is 9.55 Å². The number of aromatic amines is 1. The van der Waals surface area contributed by atoms with E-state index in [1.165, 1.54) is 10.8 Å². The number of aliphatic imine (C=N–C) groups is 3. The summed E-state index contributed by atoms with van der Waals surface area (Å²) < 4.78 is 2.38. The number of nitrogens with zero attached hydrogens (tertiary/aromatic N) is 6. The van der Waals surface area contributed by atoms with Gasteiger partial charge in [0.05, 0.1) is 33.8 Å². The zero-order valence-corrected chi connectivity index (χ0v) is 34.6. The van der Waals surface area contributed by atoms with Crippen molar-refractivity contribution in [2.24, 2.45) is 15.0 Å². The molecule has 0 aliphatic carbocycles. The summed E-state index contributed by atoms with van der Waals surface area (Å²) in [6.07, 6.45) is 13.2. The Labute approximate surface area is 369 Å². The van der Waals surface area contributed by atoms with Crippen molar-refractivity contribution < 1.29 is 0 Å². The third-order valence-electron chi connectivity index (χ3n) is 12.0. The highest BCUT2D eigenvalue weighted by atomic mass is 15.3. The summed E-state index contributed by atoms with van der Waals surface area (Å²) in [5, 5.41) is 4.68. The molecule has 7 heteroatoms. The Hall–Kier alpha value is -8.81. The summed E-state index contributed by atoms with van der Waals surface area (Å²) in [7, 11) is 0. The van der Waals surface area contributed by atoms with Crippen molar-refractivity contribution in [3.05, 3.63) is 236 Å². The van der Waals surface area contributed by atoms with E-state index in [9.17, 15) is 0 Å². The molecule has 0 fully saturated rings. The first-order valence-corrected chi connectivity index (χ1v) is 21.4. The maximum absolute atomic E-state index is 5.13. The van der Waals surface area contributed by atoms with E-state index in [0.717, 1.165) is 83.8 Å². The van der Waals surface area contributed by atoms with Gasteiger partial charge in [-0.3, -0.25) is 0 Å². The molecule has 7 nitrogen and oxygen atoms in total. The van der Waals surface area contributed by atoms with E-state index in [1.807, 2.05) is 60.7 Å². The van der Waals surface area contributed by atoms with Crippen LogP contribution in [0.2, 0.25) is 0 Å². The van der Waals surface area contributed by atoms with Crippen molar-refractivity contribution in [2.75, 3.05) is 9.80 Å². The van der Waals surface area contributed by atoms with E-state index in [-0.39, 0.29) is 0 Å². The molecule has 0 saturated carbocycles. The number of aromatic nitrogens is 2. The number of rotatable bonds is 5. The lowest BCUT2D eigenvalue weighted by atomic mass is 10.0. The van der Waals surface area contributed by atoms with Crippen LogP contribution < -0.4 is 9.80 Å².